The number of carbonyl (C=O) groups excluding carboxylic acids is 1. The lowest BCUT2D eigenvalue weighted by atomic mass is 10.1. The van der Waals surface area contributed by atoms with Crippen LogP contribution in [0.4, 0.5) is 10.7 Å². The van der Waals surface area contributed by atoms with Gasteiger partial charge in [-0.25, -0.2) is 19.7 Å². The van der Waals surface area contributed by atoms with E-state index in [4.69, 9.17) is 4.74 Å². The zero-order valence-electron chi connectivity index (χ0n) is 12.3. The van der Waals surface area contributed by atoms with Crippen molar-refractivity contribution in [2.24, 2.45) is 0 Å². The Morgan fingerprint density at radius 1 is 1.30 bits per heavy atom. The molecule has 0 aliphatic carbocycles. The highest BCUT2D eigenvalue weighted by atomic mass is 16.6. The summed E-state index contributed by atoms with van der Waals surface area (Å²) in [5, 5.41) is 3.29. The first-order chi connectivity index (χ1) is 9.47. The second kappa shape index (κ2) is 6.17. The van der Waals surface area contributed by atoms with Crippen LogP contribution in [0.5, 0.6) is 0 Å². The molecule has 6 nitrogen and oxygen atoms in total. The van der Waals surface area contributed by atoms with Crippen LogP contribution in [-0.2, 0) is 4.74 Å². The first-order valence-electron chi connectivity index (χ1n) is 6.97. The Kier molecular flexibility index (Phi) is 4.54. The first-order valence-corrected chi connectivity index (χ1v) is 6.97. The number of nitrogens with zero attached hydrogens (tertiary/aromatic N) is 3. The summed E-state index contributed by atoms with van der Waals surface area (Å²) in [6.45, 7) is 7.35. The number of amides is 1. The molecule has 0 spiro atoms. The van der Waals surface area contributed by atoms with Crippen molar-refractivity contribution in [1.82, 2.24) is 15.3 Å². The van der Waals surface area contributed by atoms with E-state index in [-0.39, 0.29) is 12.1 Å². The molecule has 1 aliphatic rings. The van der Waals surface area contributed by atoms with Crippen molar-refractivity contribution in [1.29, 1.82) is 0 Å². The van der Waals surface area contributed by atoms with Gasteiger partial charge >= 0.3 is 6.09 Å². The SMILES string of the molecule is CC(C)(C)OC(=O)N(c1ncccn1)C1CCNCC1. The lowest BCUT2D eigenvalue weighted by molar-refractivity contribution is 0.0556. The van der Waals surface area contributed by atoms with Crippen molar-refractivity contribution < 1.29 is 9.53 Å². The molecule has 1 aliphatic heterocycles. The highest BCUT2D eigenvalue weighted by Gasteiger charge is 2.32. The summed E-state index contributed by atoms with van der Waals surface area (Å²) in [5.74, 6) is 0.411. The lowest BCUT2D eigenvalue weighted by Crippen LogP contribution is -2.48. The minimum Gasteiger partial charge on any atom is -0.443 e. The van der Waals surface area contributed by atoms with Gasteiger partial charge in [-0.3, -0.25) is 0 Å². The van der Waals surface area contributed by atoms with Crippen LogP contribution in [0.15, 0.2) is 18.5 Å². The third-order valence-corrected chi connectivity index (χ3v) is 3.03. The molecular formula is C14H22N4O2. The molecule has 1 amide bonds. The fourth-order valence-corrected chi connectivity index (χ4v) is 2.19. The Bertz CT molecular complexity index is 438. The van der Waals surface area contributed by atoms with Crippen molar-refractivity contribution in [3.8, 4) is 0 Å². The predicted octanol–water partition coefficient (Wildman–Crippen LogP) is 1.97. The molecule has 1 fully saturated rings. The molecule has 110 valence electrons. The number of hydrogen-bond acceptors (Lipinski definition) is 5. The smallest absolute Gasteiger partial charge is 0.417 e. The molecule has 1 saturated heterocycles. The van der Waals surface area contributed by atoms with Crippen LogP contribution in [0, 0.1) is 0 Å². The van der Waals surface area contributed by atoms with Crippen molar-refractivity contribution in [3.05, 3.63) is 18.5 Å². The summed E-state index contributed by atoms with van der Waals surface area (Å²) >= 11 is 0. The summed E-state index contributed by atoms with van der Waals surface area (Å²) < 4.78 is 5.49. The van der Waals surface area contributed by atoms with Gasteiger partial charge in [0.25, 0.3) is 0 Å². The number of anilines is 1. The minimum absolute atomic E-state index is 0.0773. The second-order valence-corrected chi connectivity index (χ2v) is 5.88. The highest BCUT2D eigenvalue weighted by Crippen LogP contribution is 2.21. The van der Waals surface area contributed by atoms with Gasteiger partial charge in [-0.1, -0.05) is 0 Å². The van der Waals surface area contributed by atoms with Gasteiger partial charge in [0.1, 0.15) is 5.60 Å². The number of aromatic nitrogens is 2. The Morgan fingerprint density at radius 3 is 2.45 bits per heavy atom. The van der Waals surface area contributed by atoms with E-state index >= 15 is 0 Å². The molecule has 6 heteroatoms. The minimum atomic E-state index is -0.531. The summed E-state index contributed by atoms with van der Waals surface area (Å²) in [4.78, 5) is 22.4. The largest absolute Gasteiger partial charge is 0.443 e. The van der Waals surface area contributed by atoms with Crippen LogP contribution in [0.3, 0.4) is 0 Å². The quantitative estimate of drug-likeness (QED) is 0.896. The molecule has 1 aromatic heterocycles. The maximum Gasteiger partial charge on any atom is 0.417 e. The van der Waals surface area contributed by atoms with E-state index in [1.807, 2.05) is 20.8 Å². The summed E-state index contributed by atoms with van der Waals surface area (Å²) in [6.07, 6.45) is 4.65. The Morgan fingerprint density at radius 2 is 1.90 bits per heavy atom. The maximum absolute atomic E-state index is 12.5. The molecular weight excluding hydrogens is 256 g/mol. The topological polar surface area (TPSA) is 67.3 Å². The molecule has 0 bridgehead atoms. The van der Waals surface area contributed by atoms with Crippen LogP contribution >= 0.6 is 0 Å². The van der Waals surface area contributed by atoms with E-state index < -0.39 is 5.60 Å². The standard InChI is InChI=1S/C14H22N4O2/c1-14(2,3)20-13(19)18(11-5-9-15-10-6-11)12-16-7-4-8-17-12/h4,7-8,11,15H,5-6,9-10H2,1-3H3. The Hall–Kier alpha value is -1.69. The van der Waals surface area contributed by atoms with Gasteiger partial charge in [0, 0.05) is 18.4 Å². The zero-order valence-corrected chi connectivity index (χ0v) is 12.3. The normalized spacial score (nSPS) is 16.8. The number of ether oxygens (including phenoxy) is 1. The maximum atomic E-state index is 12.5. The summed E-state index contributed by atoms with van der Waals surface area (Å²) in [7, 11) is 0. The molecule has 1 aromatic rings. The van der Waals surface area contributed by atoms with Gasteiger partial charge in [0.05, 0.1) is 0 Å². The predicted molar refractivity (Wildman–Crippen MR) is 76.6 cm³/mol. The lowest BCUT2D eigenvalue weighted by Gasteiger charge is -2.34. The van der Waals surface area contributed by atoms with Crippen LogP contribution in [0.25, 0.3) is 0 Å². The monoisotopic (exact) mass is 278 g/mol. The van der Waals surface area contributed by atoms with Crippen LogP contribution in [0.1, 0.15) is 33.6 Å². The van der Waals surface area contributed by atoms with E-state index in [0.717, 1.165) is 25.9 Å². The van der Waals surface area contributed by atoms with Crippen LogP contribution < -0.4 is 10.2 Å². The highest BCUT2D eigenvalue weighted by molar-refractivity contribution is 5.86. The van der Waals surface area contributed by atoms with Crippen molar-refractivity contribution in [2.45, 2.75) is 45.3 Å². The average Bonchev–Trinajstić information content (AvgIpc) is 2.39. The second-order valence-electron chi connectivity index (χ2n) is 5.88. The van der Waals surface area contributed by atoms with E-state index in [1.54, 1.807) is 23.4 Å². The molecule has 0 atom stereocenters. The van der Waals surface area contributed by atoms with Crippen molar-refractivity contribution >= 4 is 12.0 Å². The summed E-state index contributed by atoms with van der Waals surface area (Å²) in [6, 6.07) is 1.81. The number of nitrogens with one attached hydrogen (secondary N) is 1. The van der Waals surface area contributed by atoms with Gasteiger partial charge in [-0.05, 0) is 52.8 Å². The number of carbonyl (C=O) groups is 1. The van der Waals surface area contributed by atoms with Crippen LogP contribution in [0.2, 0.25) is 0 Å². The zero-order chi connectivity index (χ0) is 14.6. The molecule has 0 aromatic carbocycles. The third kappa shape index (κ3) is 3.90. The number of rotatable bonds is 2. The molecule has 1 N–H and O–H groups in total. The molecule has 0 saturated carbocycles. The van der Waals surface area contributed by atoms with Gasteiger partial charge in [0.2, 0.25) is 5.95 Å². The van der Waals surface area contributed by atoms with E-state index in [2.05, 4.69) is 15.3 Å². The molecule has 0 radical (unpaired) electrons. The average molecular weight is 278 g/mol. The van der Waals surface area contributed by atoms with Crippen LogP contribution in [-0.4, -0.2) is 40.8 Å². The van der Waals surface area contributed by atoms with E-state index in [1.165, 1.54) is 0 Å². The van der Waals surface area contributed by atoms with Gasteiger partial charge in [-0.2, -0.15) is 0 Å². The molecule has 20 heavy (non-hydrogen) atoms. The van der Waals surface area contributed by atoms with Gasteiger partial charge < -0.3 is 10.1 Å². The molecule has 2 heterocycles. The number of piperidine rings is 1. The molecule has 0 unspecified atom stereocenters. The fourth-order valence-electron chi connectivity index (χ4n) is 2.19. The van der Waals surface area contributed by atoms with Gasteiger partial charge in [0.15, 0.2) is 0 Å². The van der Waals surface area contributed by atoms with E-state index in [9.17, 15) is 4.79 Å². The van der Waals surface area contributed by atoms with Gasteiger partial charge in [-0.15, -0.1) is 0 Å². The first kappa shape index (κ1) is 14.7. The third-order valence-electron chi connectivity index (χ3n) is 3.03. The van der Waals surface area contributed by atoms with E-state index in [0.29, 0.717) is 5.95 Å². The number of hydrogen-bond donors (Lipinski definition) is 1. The summed E-state index contributed by atoms with van der Waals surface area (Å²) in [5.41, 5.74) is -0.531. The Labute approximate surface area is 119 Å². The van der Waals surface area contributed by atoms with Crippen molar-refractivity contribution in [2.75, 3.05) is 18.0 Å². The molecule has 2 rings (SSSR count). The fraction of sp³-hybridized carbons (Fsp3) is 0.643. The Balaban J connectivity index is 2.22. The van der Waals surface area contributed by atoms with Crippen molar-refractivity contribution in [3.63, 3.8) is 0 Å².